The highest BCUT2D eigenvalue weighted by Gasteiger charge is 2.13. The van der Waals surface area contributed by atoms with Gasteiger partial charge in [0.05, 0.1) is 16.3 Å². The molecule has 0 aliphatic rings. The van der Waals surface area contributed by atoms with Gasteiger partial charge in [0.1, 0.15) is 0 Å². The van der Waals surface area contributed by atoms with E-state index in [1.54, 1.807) is 24.3 Å². The molecule has 0 saturated carbocycles. The summed E-state index contributed by atoms with van der Waals surface area (Å²) in [5, 5.41) is 10.1. The van der Waals surface area contributed by atoms with Crippen LogP contribution in [0.5, 0.6) is 5.88 Å². The van der Waals surface area contributed by atoms with Crippen LogP contribution in [0.1, 0.15) is 5.56 Å². The molecular formula is C11H9ClN2O3. The van der Waals surface area contributed by atoms with Crippen LogP contribution in [0.3, 0.4) is 0 Å². The molecule has 0 fully saturated rings. The van der Waals surface area contributed by atoms with E-state index in [1.165, 1.54) is 6.92 Å². The molecule has 2 aromatic rings. The van der Waals surface area contributed by atoms with Gasteiger partial charge in [0, 0.05) is 0 Å². The number of nitrogens with one attached hydrogen (secondary N) is 1. The highest BCUT2D eigenvalue weighted by Crippen LogP contribution is 2.22. The highest BCUT2D eigenvalue weighted by atomic mass is 35.5. The quantitative estimate of drug-likeness (QED) is 0.801. The normalized spacial score (nSPS) is 10.5. The van der Waals surface area contributed by atoms with Crippen molar-refractivity contribution in [1.29, 1.82) is 0 Å². The molecule has 6 heteroatoms. The summed E-state index contributed by atoms with van der Waals surface area (Å²) in [7, 11) is 0. The zero-order chi connectivity index (χ0) is 12.6. The second-order valence-electron chi connectivity index (χ2n) is 3.49. The minimum atomic E-state index is -0.730. The lowest BCUT2D eigenvalue weighted by Crippen LogP contribution is -2.30. The third-order valence-electron chi connectivity index (χ3n) is 2.40. The average Bonchev–Trinajstić information content (AvgIpc) is 2.29. The highest BCUT2D eigenvalue weighted by molar-refractivity contribution is 6.32. The molecular weight excluding hydrogens is 244 g/mol. The predicted octanol–water partition coefficient (Wildman–Crippen LogP) is 1.19. The summed E-state index contributed by atoms with van der Waals surface area (Å²) in [5.74, 6) is -0.410. The number of hydrogen-bond acceptors (Lipinski definition) is 3. The van der Waals surface area contributed by atoms with Crippen molar-refractivity contribution in [1.82, 2.24) is 9.55 Å². The van der Waals surface area contributed by atoms with Crippen LogP contribution in [0.25, 0.3) is 5.69 Å². The SMILES string of the molecule is Cc1c(O)n(-c2ccccc2Cl)c(=O)[nH]c1=O. The van der Waals surface area contributed by atoms with E-state index in [0.717, 1.165) is 4.57 Å². The van der Waals surface area contributed by atoms with Crippen LogP contribution in [-0.2, 0) is 0 Å². The fourth-order valence-corrected chi connectivity index (χ4v) is 1.69. The van der Waals surface area contributed by atoms with E-state index in [0.29, 0.717) is 10.7 Å². The Hall–Kier alpha value is -2.01. The van der Waals surface area contributed by atoms with Gasteiger partial charge in [-0.3, -0.25) is 9.78 Å². The van der Waals surface area contributed by atoms with Gasteiger partial charge >= 0.3 is 5.69 Å². The Balaban J connectivity index is 2.87. The first-order valence-electron chi connectivity index (χ1n) is 4.82. The second-order valence-corrected chi connectivity index (χ2v) is 3.90. The third kappa shape index (κ3) is 1.85. The molecule has 1 aromatic heterocycles. The van der Waals surface area contributed by atoms with Gasteiger partial charge in [-0.2, -0.15) is 0 Å². The molecule has 0 spiro atoms. The molecule has 1 aromatic carbocycles. The third-order valence-corrected chi connectivity index (χ3v) is 2.72. The van der Waals surface area contributed by atoms with Gasteiger partial charge in [0.2, 0.25) is 5.88 Å². The predicted molar refractivity (Wildman–Crippen MR) is 64.1 cm³/mol. The molecule has 2 rings (SSSR count). The van der Waals surface area contributed by atoms with Gasteiger partial charge in [-0.1, -0.05) is 23.7 Å². The Morgan fingerprint density at radius 1 is 1.29 bits per heavy atom. The summed E-state index contributed by atoms with van der Waals surface area (Å²) in [6.07, 6.45) is 0. The van der Waals surface area contributed by atoms with E-state index >= 15 is 0 Å². The zero-order valence-corrected chi connectivity index (χ0v) is 9.65. The minimum absolute atomic E-state index is 0.0597. The zero-order valence-electron chi connectivity index (χ0n) is 8.90. The van der Waals surface area contributed by atoms with Crippen LogP contribution in [0.15, 0.2) is 33.9 Å². The lowest BCUT2D eigenvalue weighted by atomic mass is 10.3. The standard InChI is InChI=1S/C11H9ClN2O3/c1-6-9(15)13-11(17)14(10(6)16)8-5-3-2-4-7(8)12/h2-5,16H,1H3,(H,13,15,17). The fourth-order valence-electron chi connectivity index (χ4n) is 1.47. The molecule has 88 valence electrons. The smallest absolute Gasteiger partial charge is 0.335 e. The number of rotatable bonds is 1. The maximum Gasteiger partial charge on any atom is 0.335 e. The van der Waals surface area contributed by atoms with E-state index in [1.807, 2.05) is 0 Å². The molecule has 0 aliphatic carbocycles. The van der Waals surface area contributed by atoms with Gasteiger partial charge in [-0.05, 0) is 19.1 Å². The van der Waals surface area contributed by atoms with Crippen molar-refractivity contribution in [2.24, 2.45) is 0 Å². The summed E-state index contributed by atoms with van der Waals surface area (Å²) in [4.78, 5) is 25.0. The van der Waals surface area contributed by atoms with Gasteiger partial charge in [0.15, 0.2) is 0 Å². The molecule has 2 N–H and O–H groups in total. The van der Waals surface area contributed by atoms with Crippen molar-refractivity contribution in [2.45, 2.75) is 6.92 Å². The van der Waals surface area contributed by atoms with Crippen LogP contribution in [0, 0.1) is 6.92 Å². The molecule has 0 bridgehead atoms. The first-order valence-corrected chi connectivity index (χ1v) is 5.20. The van der Waals surface area contributed by atoms with Crippen LogP contribution in [0.2, 0.25) is 5.02 Å². The first-order chi connectivity index (χ1) is 8.02. The number of para-hydroxylation sites is 1. The lowest BCUT2D eigenvalue weighted by Gasteiger charge is -2.10. The number of aromatic amines is 1. The number of nitrogens with zero attached hydrogens (tertiary/aromatic N) is 1. The van der Waals surface area contributed by atoms with E-state index < -0.39 is 17.1 Å². The molecule has 1 heterocycles. The molecule has 5 nitrogen and oxygen atoms in total. The van der Waals surface area contributed by atoms with E-state index in [4.69, 9.17) is 11.6 Å². The number of halogens is 1. The van der Waals surface area contributed by atoms with Gasteiger partial charge in [-0.25, -0.2) is 9.36 Å². The monoisotopic (exact) mass is 252 g/mol. The van der Waals surface area contributed by atoms with E-state index in [2.05, 4.69) is 4.98 Å². The number of aromatic hydroxyl groups is 1. The average molecular weight is 253 g/mol. The van der Waals surface area contributed by atoms with Crippen molar-refractivity contribution in [3.05, 3.63) is 55.7 Å². The maximum absolute atomic E-state index is 11.7. The molecule has 0 saturated heterocycles. The topological polar surface area (TPSA) is 75.1 Å². The number of H-pyrrole nitrogens is 1. The summed E-state index contributed by atoms with van der Waals surface area (Å²) in [6, 6.07) is 6.53. The molecule has 0 aliphatic heterocycles. The van der Waals surface area contributed by atoms with Gasteiger partial charge in [-0.15, -0.1) is 0 Å². The first kappa shape index (κ1) is 11.5. The number of benzene rings is 1. The summed E-state index contributed by atoms with van der Waals surface area (Å²) in [6.45, 7) is 1.42. The summed E-state index contributed by atoms with van der Waals surface area (Å²) >= 11 is 5.93. The maximum atomic E-state index is 11.7. The lowest BCUT2D eigenvalue weighted by molar-refractivity contribution is 0.426. The summed E-state index contributed by atoms with van der Waals surface area (Å²) < 4.78 is 0.957. The van der Waals surface area contributed by atoms with Crippen LogP contribution < -0.4 is 11.2 Å². The minimum Gasteiger partial charge on any atom is -0.494 e. The molecule has 0 radical (unpaired) electrons. The van der Waals surface area contributed by atoms with Crippen molar-refractivity contribution in [2.75, 3.05) is 0 Å². The fraction of sp³-hybridized carbons (Fsp3) is 0.0909. The van der Waals surface area contributed by atoms with Gasteiger partial charge < -0.3 is 5.11 Å². The van der Waals surface area contributed by atoms with Gasteiger partial charge in [0.25, 0.3) is 5.56 Å². The Bertz CT molecular complexity index is 688. The second kappa shape index (κ2) is 4.10. The molecule has 0 atom stereocenters. The Morgan fingerprint density at radius 2 is 1.94 bits per heavy atom. The van der Waals surface area contributed by atoms with Crippen LogP contribution in [-0.4, -0.2) is 14.7 Å². The Labute approximate surface area is 101 Å². The van der Waals surface area contributed by atoms with Crippen molar-refractivity contribution in [3.63, 3.8) is 0 Å². The van der Waals surface area contributed by atoms with Crippen LogP contribution >= 0.6 is 11.6 Å². The van der Waals surface area contributed by atoms with Crippen LogP contribution in [0.4, 0.5) is 0 Å². The molecule has 0 amide bonds. The largest absolute Gasteiger partial charge is 0.494 e. The van der Waals surface area contributed by atoms with Crippen molar-refractivity contribution >= 4 is 11.6 Å². The Kier molecular flexibility index (Phi) is 2.77. The van der Waals surface area contributed by atoms with E-state index in [9.17, 15) is 14.7 Å². The molecule has 0 unspecified atom stereocenters. The summed E-state index contributed by atoms with van der Waals surface area (Å²) in [5.41, 5.74) is -0.970. The molecule has 17 heavy (non-hydrogen) atoms. The van der Waals surface area contributed by atoms with E-state index in [-0.39, 0.29) is 5.56 Å². The van der Waals surface area contributed by atoms with Crippen molar-refractivity contribution < 1.29 is 5.11 Å². The number of hydrogen-bond donors (Lipinski definition) is 2. The number of aromatic nitrogens is 2. The Morgan fingerprint density at radius 3 is 2.59 bits per heavy atom. The van der Waals surface area contributed by atoms with Crippen molar-refractivity contribution in [3.8, 4) is 11.6 Å².